The number of hydrogen-bond donors (Lipinski definition) is 0. The average molecular weight is 666 g/mol. The van der Waals surface area contributed by atoms with Crippen molar-refractivity contribution in [2.75, 3.05) is 4.90 Å². The maximum absolute atomic E-state index is 4.62. The van der Waals surface area contributed by atoms with Crippen LogP contribution in [0.25, 0.3) is 72.3 Å². The number of pyridine rings is 3. The van der Waals surface area contributed by atoms with Gasteiger partial charge >= 0.3 is 0 Å². The number of benzene rings is 6. The monoisotopic (exact) mass is 665 g/mol. The van der Waals surface area contributed by atoms with Crippen LogP contribution in [-0.2, 0) is 0 Å². The zero-order valence-electron chi connectivity index (χ0n) is 28.1. The minimum atomic E-state index is 0.824. The van der Waals surface area contributed by atoms with Crippen LogP contribution in [0.3, 0.4) is 0 Å². The maximum atomic E-state index is 4.62. The number of anilines is 3. The zero-order valence-corrected chi connectivity index (χ0v) is 28.1. The van der Waals surface area contributed by atoms with Gasteiger partial charge in [0.25, 0.3) is 0 Å². The minimum absolute atomic E-state index is 0.824. The molecule has 0 saturated carbocycles. The Kier molecular flexibility index (Phi) is 7.07. The third kappa shape index (κ3) is 5.15. The molecule has 0 spiro atoms. The number of fused-ring (bicyclic) bond motifs is 1. The highest BCUT2D eigenvalue weighted by atomic mass is 15.2. The molecule has 5 heteroatoms. The highest BCUT2D eigenvalue weighted by Crippen LogP contribution is 2.41. The molecule has 52 heavy (non-hydrogen) atoms. The molecule has 244 valence electrons. The summed E-state index contributed by atoms with van der Waals surface area (Å²) in [6.07, 6.45) is 11.7. The van der Waals surface area contributed by atoms with Crippen molar-refractivity contribution in [3.05, 3.63) is 188 Å². The van der Waals surface area contributed by atoms with Crippen LogP contribution in [-0.4, -0.2) is 19.5 Å². The molecule has 4 heterocycles. The van der Waals surface area contributed by atoms with Gasteiger partial charge in [-0.2, -0.15) is 0 Å². The summed E-state index contributed by atoms with van der Waals surface area (Å²) in [4.78, 5) is 15.6. The molecule has 0 aliphatic heterocycles. The van der Waals surface area contributed by atoms with E-state index in [0.717, 1.165) is 39.5 Å². The van der Waals surface area contributed by atoms with E-state index in [9.17, 15) is 0 Å². The Morgan fingerprint density at radius 2 is 1.12 bits per heavy atom. The lowest BCUT2D eigenvalue weighted by Crippen LogP contribution is -2.12. The number of hydrogen-bond acceptors (Lipinski definition) is 4. The van der Waals surface area contributed by atoms with E-state index in [0.29, 0.717) is 0 Å². The lowest BCUT2D eigenvalue weighted by atomic mass is 9.97. The Bertz CT molecular complexity index is 2840. The van der Waals surface area contributed by atoms with Crippen LogP contribution in [0.15, 0.2) is 176 Å². The number of aromatic nitrogens is 4. The quantitative estimate of drug-likeness (QED) is 0.126. The molecular formula is C47H31N5. The molecule has 0 radical (unpaired) electrons. The summed E-state index contributed by atoms with van der Waals surface area (Å²) in [6, 6.07) is 53.7. The van der Waals surface area contributed by atoms with E-state index < -0.39 is 0 Å². The van der Waals surface area contributed by atoms with Crippen LogP contribution in [0.1, 0.15) is 11.1 Å². The summed E-state index contributed by atoms with van der Waals surface area (Å²) < 4.78 is 2.37. The first-order valence-electron chi connectivity index (χ1n) is 17.4. The van der Waals surface area contributed by atoms with Gasteiger partial charge in [-0.1, -0.05) is 91.0 Å². The van der Waals surface area contributed by atoms with Crippen molar-refractivity contribution in [3.63, 3.8) is 0 Å². The first kappa shape index (κ1) is 29.8. The van der Waals surface area contributed by atoms with Gasteiger partial charge in [0.15, 0.2) is 0 Å². The molecule has 0 amide bonds. The van der Waals surface area contributed by atoms with Gasteiger partial charge in [0.2, 0.25) is 0 Å². The van der Waals surface area contributed by atoms with Gasteiger partial charge in [-0.15, -0.1) is 0 Å². The molecule has 10 aromatic rings. The fourth-order valence-electron chi connectivity index (χ4n) is 7.46. The predicted molar refractivity (Wildman–Crippen MR) is 216 cm³/mol. The van der Waals surface area contributed by atoms with E-state index in [2.05, 4.69) is 152 Å². The van der Waals surface area contributed by atoms with Gasteiger partial charge in [-0.05, 0) is 117 Å². The fourth-order valence-corrected chi connectivity index (χ4v) is 7.46. The first-order valence-corrected chi connectivity index (χ1v) is 17.4. The SMILES string of the molecule is C(=Cc1ccc2cc(N(c3ccccn3)c3ccccn3)ccc2c1)c1ccc(-c2cc3ccc4cccc5c4c3c(c2)n5-c2ccncc2)cc1. The third-order valence-corrected chi connectivity index (χ3v) is 9.89. The predicted octanol–water partition coefficient (Wildman–Crippen LogP) is 12.0. The highest BCUT2D eigenvalue weighted by Gasteiger charge is 2.18. The molecule has 0 aliphatic carbocycles. The summed E-state index contributed by atoms with van der Waals surface area (Å²) in [7, 11) is 0. The smallest absolute Gasteiger partial charge is 0.138 e. The van der Waals surface area contributed by atoms with Gasteiger partial charge in [0.1, 0.15) is 11.6 Å². The topological polar surface area (TPSA) is 46.8 Å². The third-order valence-electron chi connectivity index (χ3n) is 9.89. The molecule has 5 nitrogen and oxygen atoms in total. The van der Waals surface area contributed by atoms with Crippen LogP contribution < -0.4 is 4.90 Å². The van der Waals surface area contributed by atoms with E-state index >= 15 is 0 Å². The molecule has 6 aromatic carbocycles. The normalized spacial score (nSPS) is 11.8. The van der Waals surface area contributed by atoms with Crippen molar-refractivity contribution in [1.29, 1.82) is 0 Å². The van der Waals surface area contributed by atoms with E-state index in [4.69, 9.17) is 0 Å². The molecular weight excluding hydrogens is 635 g/mol. The Morgan fingerprint density at radius 1 is 0.442 bits per heavy atom. The van der Waals surface area contributed by atoms with Gasteiger partial charge in [0, 0.05) is 46.9 Å². The first-order chi connectivity index (χ1) is 25.8. The van der Waals surface area contributed by atoms with Gasteiger partial charge in [-0.3, -0.25) is 9.88 Å². The standard InChI is InChI=1S/C47H31N5/c1-3-24-49-44(8-1)52(45-9-2-4-25-50-45)41-21-20-36-28-33(14-17-37(36)30-41)11-10-32-12-15-34(16-13-32)39-29-38-19-18-35-6-5-7-42-46(35)47(38)43(31-39)51(42)40-22-26-48-27-23-40/h1-31H. The lowest BCUT2D eigenvalue weighted by molar-refractivity contribution is 1.13. The molecule has 0 atom stereocenters. The summed E-state index contributed by atoms with van der Waals surface area (Å²) in [6.45, 7) is 0. The molecule has 0 fully saturated rings. The van der Waals surface area contributed by atoms with Crippen LogP contribution >= 0.6 is 0 Å². The molecule has 0 saturated heterocycles. The van der Waals surface area contributed by atoms with Crippen LogP contribution in [0.5, 0.6) is 0 Å². The zero-order chi connectivity index (χ0) is 34.4. The molecule has 0 N–H and O–H groups in total. The molecule has 0 unspecified atom stereocenters. The van der Waals surface area contributed by atoms with E-state index in [-0.39, 0.29) is 0 Å². The number of rotatable bonds is 7. The van der Waals surface area contributed by atoms with Crippen molar-refractivity contribution in [2.45, 2.75) is 0 Å². The summed E-state index contributed by atoms with van der Waals surface area (Å²) in [5.41, 5.74) is 9.23. The van der Waals surface area contributed by atoms with Crippen molar-refractivity contribution in [2.24, 2.45) is 0 Å². The summed E-state index contributed by atoms with van der Waals surface area (Å²) >= 11 is 0. The van der Waals surface area contributed by atoms with E-state index in [1.54, 1.807) is 0 Å². The summed E-state index contributed by atoms with van der Waals surface area (Å²) in [5, 5.41) is 7.45. The highest BCUT2D eigenvalue weighted by molar-refractivity contribution is 6.25. The van der Waals surface area contributed by atoms with Crippen molar-refractivity contribution < 1.29 is 0 Å². The number of nitrogens with zero attached hydrogens (tertiary/aromatic N) is 5. The largest absolute Gasteiger partial charge is 0.309 e. The molecule has 4 aromatic heterocycles. The Morgan fingerprint density at radius 3 is 1.88 bits per heavy atom. The van der Waals surface area contributed by atoms with Gasteiger partial charge in [-0.25, -0.2) is 9.97 Å². The molecule has 0 bridgehead atoms. The fraction of sp³-hybridized carbons (Fsp3) is 0. The Balaban J connectivity index is 0.949. The van der Waals surface area contributed by atoms with Crippen molar-refractivity contribution >= 4 is 72.8 Å². The Hall–Kier alpha value is -7.11. The van der Waals surface area contributed by atoms with E-state index in [1.165, 1.54) is 49.1 Å². The van der Waals surface area contributed by atoms with Crippen molar-refractivity contribution in [3.8, 4) is 16.8 Å². The molecule has 0 aliphatic rings. The van der Waals surface area contributed by atoms with Crippen LogP contribution in [0, 0.1) is 0 Å². The lowest BCUT2D eigenvalue weighted by Gasteiger charge is -2.23. The van der Waals surface area contributed by atoms with Crippen LogP contribution in [0.4, 0.5) is 17.3 Å². The second-order valence-corrected chi connectivity index (χ2v) is 13.0. The minimum Gasteiger partial charge on any atom is -0.309 e. The van der Waals surface area contributed by atoms with E-state index in [1.807, 2.05) is 61.2 Å². The van der Waals surface area contributed by atoms with Crippen LogP contribution in [0.2, 0.25) is 0 Å². The maximum Gasteiger partial charge on any atom is 0.138 e. The second-order valence-electron chi connectivity index (χ2n) is 13.0. The summed E-state index contributed by atoms with van der Waals surface area (Å²) in [5.74, 6) is 1.65. The van der Waals surface area contributed by atoms with Gasteiger partial charge < -0.3 is 4.57 Å². The molecule has 10 rings (SSSR count). The second kappa shape index (κ2) is 12.3. The average Bonchev–Trinajstić information content (AvgIpc) is 3.56. The van der Waals surface area contributed by atoms with Crippen molar-refractivity contribution in [1.82, 2.24) is 19.5 Å². The van der Waals surface area contributed by atoms with Gasteiger partial charge in [0.05, 0.1) is 11.0 Å². The Labute approximate surface area is 300 Å².